The fourth-order valence-corrected chi connectivity index (χ4v) is 2.95. The smallest absolute Gasteiger partial charge is 0.203 e. The number of hydrogen-bond donors (Lipinski definition) is 0. The molecule has 1 aliphatic carbocycles. The van der Waals surface area contributed by atoms with E-state index in [1.54, 1.807) is 0 Å². The van der Waals surface area contributed by atoms with Crippen LogP contribution in [0.5, 0.6) is 0 Å². The first-order valence-corrected chi connectivity index (χ1v) is 7.87. The highest BCUT2D eigenvalue weighted by molar-refractivity contribution is 7.71. The van der Waals surface area contributed by atoms with E-state index in [1.165, 1.54) is 12.8 Å². The summed E-state index contributed by atoms with van der Waals surface area (Å²) in [5.74, 6) is 1.07. The minimum absolute atomic E-state index is 0.614. The summed E-state index contributed by atoms with van der Waals surface area (Å²) in [6.45, 7) is 1.53. The summed E-state index contributed by atoms with van der Waals surface area (Å²) in [5, 5.41) is 4.62. The minimum Gasteiger partial charge on any atom is -0.337 e. The van der Waals surface area contributed by atoms with Crippen molar-refractivity contribution in [2.45, 2.75) is 32.1 Å². The van der Waals surface area contributed by atoms with Crippen LogP contribution in [0.25, 0.3) is 5.65 Å². The maximum atomic E-state index is 5.54. The molecular weight excluding hydrogens is 296 g/mol. The van der Waals surface area contributed by atoms with Crippen LogP contribution in [0.1, 0.15) is 18.7 Å². The summed E-state index contributed by atoms with van der Waals surface area (Å²) in [6, 6.07) is 6.55. The van der Waals surface area contributed by atoms with E-state index in [9.17, 15) is 0 Å². The molecule has 0 atom stereocenters. The number of aromatic nitrogens is 5. The van der Waals surface area contributed by atoms with Crippen molar-refractivity contribution in [2.24, 2.45) is 7.05 Å². The van der Waals surface area contributed by atoms with Crippen LogP contribution < -0.4 is 0 Å². The molecule has 3 heterocycles. The summed E-state index contributed by atoms with van der Waals surface area (Å²) < 4.78 is 6.66. The summed E-state index contributed by atoms with van der Waals surface area (Å²) in [7, 11) is 2.03. The van der Waals surface area contributed by atoms with Crippen LogP contribution >= 0.6 is 12.2 Å². The number of hydrogen-bond acceptors (Lipinski definition) is 4. The van der Waals surface area contributed by atoms with E-state index < -0.39 is 0 Å². The van der Waals surface area contributed by atoms with Crippen LogP contribution in [0.15, 0.2) is 36.8 Å². The number of rotatable bonds is 5. The molecule has 1 saturated carbocycles. The lowest BCUT2D eigenvalue weighted by Gasteiger charge is -2.21. The molecular formula is C15H18N6S. The quantitative estimate of drug-likeness (QED) is 0.677. The molecule has 1 aliphatic rings. The molecule has 4 rings (SSSR count). The SMILES string of the molecule is Cn1ccnc1CN(Cn1nc2ccccn2c1=S)C1CC1. The summed E-state index contributed by atoms with van der Waals surface area (Å²) in [4.78, 5) is 6.84. The Labute approximate surface area is 133 Å². The van der Waals surface area contributed by atoms with Crippen LogP contribution in [-0.2, 0) is 20.3 Å². The molecule has 6 nitrogen and oxygen atoms in total. The molecule has 0 unspecified atom stereocenters. The molecule has 0 N–H and O–H groups in total. The molecule has 0 aromatic carbocycles. The van der Waals surface area contributed by atoms with Crippen molar-refractivity contribution in [3.05, 3.63) is 47.4 Å². The maximum absolute atomic E-state index is 5.54. The molecule has 114 valence electrons. The van der Waals surface area contributed by atoms with Gasteiger partial charge in [0.05, 0.1) is 13.2 Å². The molecule has 0 aliphatic heterocycles. The van der Waals surface area contributed by atoms with E-state index >= 15 is 0 Å². The summed E-state index contributed by atoms with van der Waals surface area (Å²) >= 11 is 5.54. The van der Waals surface area contributed by atoms with E-state index in [4.69, 9.17) is 12.2 Å². The van der Waals surface area contributed by atoms with Crippen molar-refractivity contribution in [2.75, 3.05) is 0 Å². The van der Waals surface area contributed by atoms with Gasteiger partial charge in [0, 0.05) is 31.7 Å². The molecule has 0 amide bonds. The van der Waals surface area contributed by atoms with E-state index in [-0.39, 0.29) is 0 Å². The van der Waals surface area contributed by atoms with Gasteiger partial charge in [-0.2, -0.15) is 5.10 Å². The number of pyridine rings is 1. The Kier molecular flexibility index (Phi) is 3.31. The molecule has 0 radical (unpaired) electrons. The molecule has 0 bridgehead atoms. The topological polar surface area (TPSA) is 43.3 Å². The highest BCUT2D eigenvalue weighted by atomic mass is 32.1. The van der Waals surface area contributed by atoms with Gasteiger partial charge in [0.25, 0.3) is 0 Å². The normalized spacial score (nSPS) is 15.0. The third-order valence-corrected chi connectivity index (χ3v) is 4.54. The predicted octanol–water partition coefficient (Wildman–Crippen LogP) is 2.22. The molecule has 0 spiro atoms. The Morgan fingerprint density at radius 2 is 2.18 bits per heavy atom. The van der Waals surface area contributed by atoms with Gasteiger partial charge in [-0.05, 0) is 37.2 Å². The van der Waals surface area contributed by atoms with Gasteiger partial charge in [0.15, 0.2) is 5.65 Å². The Bertz CT molecular complexity index is 856. The Hall–Kier alpha value is -1.99. The molecule has 22 heavy (non-hydrogen) atoms. The van der Waals surface area contributed by atoms with Crippen molar-refractivity contribution in [1.29, 1.82) is 0 Å². The zero-order valence-electron chi connectivity index (χ0n) is 12.5. The lowest BCUT2D eigenvalue weighted by Crippen LogP contribution is -2.30. The Morgan fingerprint density at radius 3 is 2.86 bits per heavy atom. The largest absolute Gasteiger partial charge is 0.337 e. The van der Waals surface area contributed by atoms with Gasteiger partial charge in [0.1, 0.15) is 5.82 Å². The zero-order chi connectivity index (χ0) is 15.1. The average Bonchev–Trinajstić information content (AvgIpc) is 3.23. The third kappa shape index (κ3) is 2.46. The van der Waals surface area contributed by atoms with Crippen LogP contribution in [0.4, 0.5) is 0 Å². The van der Waals surface area contributed by atoms with Crippen LogP contribution in [-0.4, -0.2) is 34.7 Å². The van der Waals surface area contributed by atoms with Gasteiger partial charge in [-0.3, -0.25) is 9.30 Å². The molecule has 3 aromatic rings. The third-order valence-electron chi connectivity index (χ3n) is 4.13. The first-order chi connectivity index (χ1) is 10.7. The lowest BCUT2D eigenvalue weighted by atomic mass is 10.4. The highest BCUT2D eigenvalue weighted by Crippen LogP contribution is 2.28. The standard InChI is InChI=1S/C15H18N6S/c1-18-9-7-16-14(18)10-19(12-5-6-12)11-21-15(22)20-8-3-2-4-13(20)17-21/h2-4,7-9,12H,5-6,10-11H2,1H3. The van der Waals surface area contributed by atoms with E-state index in [1.807, 2.05) is 52.9 Å². The van der Waals surface area contributed by atoms with Crippen molar-refractivity contribution in [1.82, 2.24) is 28.6 Å². The first kappa shape index (κ1) is 13.7. The van der Waals surface area contributed by atoms with E-state index in [2.05, 4.69) is 19.5 Å². The maximum Gasteiger partial charge on any atom is 0.203 e. The number of imidazole rings is 1. The van der Waals surface area contributed by atoms with Crippen LogP contribution in [0.3, 0.4) is 0 Å². The van der Waals surface area contributed by atoms with Gasteiger partial charge >= 0.3 is 0 Å². The minimum atomic E-state index is 0.614. The average molecular weight is 314 g/mol. The molecule has 3 aromatic heterocycles. The van der Waals surface area contributed by atoms with Gasteiger partial charge in [-0.1, -0.05) is 6.07 Å². The highest BCUT2D eigenvalue weighted by Gasteiger charge is 2.30. The Balaban J connectivity index is 1.62. The Morgan fingerprint density at radius 1 is 1.32 bits per heavy atom. The van der Waals surface area contributed by atoms with Gasteiger partial charge in [0.2, 0.25) is 4.77 Å². The predicted molar refractivity (Wildman–Crippen MR) is 85.8 cm³/mol. The number of aryl methyl sites for hydroxylation is 1. The zero-order valence-corrected chi connectivity index (χ0v) is 13.3. The van der Waals surface area contributed by atoms with Crippen LogP contribution in [0, 0.1) is 4.77 Å². The van der Waals surface area contributed by atoms with Gasteiger partial charge < -0.3 is 4.57 Å². The van der Waals surface area contributed by atoms with Crippen molar-refractivity contribution >= 4 is 17.9 Å². The van der Waals surface area contributed by atoms with Crippen molar-refractivity contribution in [3.63, 3.8) is 0 Å². The second-order valence-corrected chi connectivity index (χ2v) is 6.15. The van der Waals surface area contributed by atoms with E-state index in [0.29, 0.717) is 12.7 Å². The van der Waals surface area contributed by atoms with Gasteiger partial charge in [-0.15, -0.1) is 0 Å². The fourth-order valence-electron chi connectivity index (χ4n) is 2.70. The second kappa shape index (κ2) is 5.33. The molecule has 1 fully saturated rings. The summed E-state index contributed by atoms with van der Waals surface area (Å²) in [6.07, 6.45) is 8.27. The number of fused-ring (bicyclic) bond motifs is 1. The van der Waals surface area contributed by atoms with E-state index in [0.717, 1.165) is 22.8 Å². The summed E-state index contributed by atoms with van der Waals surface area (Å²) in [5.41, 5.74) is 0.889. The second-order valence-electron chi connectivity index (χ2n) is 5.78. The van der Waals surface area contributed by atoms with Crippen molar-refractivity contribution in [3.8, 4) is 0 Å². The molecule has 7 heteroatoms. The lowest BCUT2D eigenvalue weighted by molar-refractivity contribution is 0.181. The number of nitrogens with zero attached hydrogens (tertiary/aromatic N) is 6. The fraction of sp³-hybridized carbons (Fsp3) is 0.400. The molecule has 0 saturated heterocycles. The monoisotopic (exact) mass is 314 g/mol. The van der Waals surface area contributed by atoms with Crippen molar-refractivity contribution < 1.29 is 0 Å². The van der Waals surface area contributed by atoms with Gasteiger partial charge in [-0.25, -0.2) is 9.67 Å². The van der Waals surface area contributed by atoms with Crippen LogP contribution in [0.2, 0.25) is 0 Å². The first-order valence-electron chi connectivity index (χ1n) is 7.47.